The fraction of sp³-hybridized carbons (Fsp3) is 0. The number of halogens is 1. The van der Waals surface area contributed by atoms with E-state index in [-0.39, 0.29) is 33.3 Å². The van der Waals surface area contributed by atoms with Crippen LogP contribution < -0.4 is 10.7 Å². The second kappa shape index (κ2) is 10.3. The molecule has 3 rings (SSSR count). The molecule has 3 aromatic rings. The molecule has 0 fully saturated rings. The number of nitrogens with zero attached hydrogens (tertiary/aromatic N) is 2. The summed E-state index contributed by atoms with van der Waals surface area (Å²) in [6.45, 7) is 0. The number of phenols is 1. The molecule has 0 saturated carbocycles. The van der Waals surface area contributed by atoms with Gasteiger partial charge in [0.15, 0.2) is 0 Å². The van der Waals surface area contributed by atoms with E-state index in [0.717, 1.165) is 24.4 Å². The Hall–Kier alpha value is -4.02. The van der Waals surface area contributed by atoms with Gasteiger partial charge in [-0.3, -0.25) is 19.7 Å². The van der Waals surface area contributed by atoms with Crippen molar-refractivity contribution in [3.63, 3.8) is 0 Å². The van der Waals surface area contributed by atoms with E-state index < -0.39 is 16.7 Å². The van der Waals surface area contributed by atoms with Gasteiger partial charge in [-0.25, -0.2) is 5.43 Å². The minimum Gasteiger partial charge on any atom is -0.507 e. The van der Waals surface area contributed by atoms with Gasteiger partial charge in [-0.15, -0.1) is 11.3 Å². The molecule has 32 heavy (non-hydrogen) atoms. The van der Waals surface area contributed by atoms with Crippen LogP contribution >= 0.6 is 22.9 Å². The normalized spacial score (nSPS) is 11.3. The summed E-state index contributed by atoms with van der Waals surface area (Å²) < 4.78 is 0. The highest BCUT2D eigenvalue weighted by atomic mass is 35.5. The van der Waals surface area contributed by atoms with Gasteiger partial charge in [0.2, 0.25) is 0 Å². The highest BCUT2D eigenvalue weighted by Crippen LogP contribution is 2.21. The van der Waals surface area contributed by atoms with Crippen LogP contribution in [0.5, 0.6) is 5.75 Å². The Labute approximate surface area is 190 Å². The van der Waals surface area contributed by atoms with E-state index >= 15 is 0 Å². The van der Waals surface area contributed by atoms with Crippen LogP contribution in [0.2, 0.25) is 5.02 Å². The predicted octanol–water partition coefficient (Wildman–Crippen LogP) is 3.94. The molecule has 2 aromatic carbocycles. The molecule has 1 aromatic heterocycles. The number of non-ortho nitro benzene ring substituents is 1. The van der Waals surface area contributed by atoms with E-state index in [2.05, 4.69) is 15.8 Å². The van der Waals surface area contributed by atoms with Crippen molar-refractivity contribution >= 4 is 52.7 Å². The third-order valence-electron chi connectivity index (χ3n) is 4.03. The lowest BCUT2D eigenvalue weighted by molar-refractivity contribution is -0.384. The molecule has 0 atom stereocenters. The van der Waals surface area contributed by atoms with E-state index in [0.29, 0.717) is 4.88 Å². The number of aromatic hydroxyl groups is 1. The first-order chi connectivity index (χ1) is 15.3. The number of hydrogen-bond acceptors (Lipinski definition) is 7. The summed E-state index contributed by atoms with van der Waals surface area (Å²) in [4.78, 5) is 36.2. The number of thiophene rings is 1. The number of nitro benzene ring substituents is 1. The molecule has 1 heterocycles. The smallest absolute Gasteiger partial charge is 0.287 e. The number of benzene rings is 2. The van der Waals surface area contributed by atoms with Gasteiger partial charge in [0.25, 0.3) is 17.5 Å². The van der Waals surface area contributed by atoms with Crippen molar-refractivity contribution in [3.05, 3.63) is 96.8 Å². The van der Waals surface area contributed by atoms with Gasteiger partial charge in [0.05, 0.1) is 21.7 Å². The number of nitro groups is 1. The maximum absolute atomic E-state index is 12.7. The molecule has 0 bridgehead atoms. The summed E-state index contributed by atoms with van der Waals surface area (Å²) in [5.41, 5.74) is 2.10. The average Bonchev–Trinajstić information content (AvgIpc) is 3.27. The lowest BCUT2D eigenvalue weighted by Gasteiger charge is -2.09. The summed E-state index contributed by atoms with van der Waals surface area (Å²) in [6, 6.07) is 13.3. The minimum atomic E-state index is -0.750. The molecule has 9 nitrogen and oxygen atoms in total. The Kier molecular flexibility index (Phi) is 7.32. The van der Waals surface area contributed by atoms with Gasteiger partial charge in [-0.2, -0.15) is 5.10 Å². The molecule has 0 radical (unpaired) electrons. The standard InChI is InChI=1S/C21H15ClN4O5S/c22-17-6-2-1-5-16(17)20(28)24-18(11-15-4-3-9-32-15)21(29)25-23-12-13-10-14(26(30)31)7-8-19(13)27/h1-12,27H,(H,24,28)(H,25,29)/b18-11?,23-12+. The Balaban J connectivity index is 1.80. The summed E-state index contributed by atoms with van der Waals surface area (Å²) >= 11 is 7.40. The average molecular weight is 471 g/mol. The molecular weight excluding hydrogens is 456 g/mol. The zero-order valence-corrected chi connectivity index (χ0v) is 17.8. The van der Waals surface area contributed by atoms with Crippen LogP contribution in [0.3, 0.4) is 0 Å². The largest absolute Gasteiger partial charge is 0.507 e. The van der Waals surface area contributed by atoms with Gasteiger partial charge in [-0.1, -0.05) is 29.8 Å². The van der Waals surface area contributed by atoms with E-state index in [4.69, 9.17) is 11.6 Å². The van der Waals surface area contributed by atoms with Crippen LogP contribution in [0.15, 0.2) is 70.8 Å². The highest BCUT2D eigenvalue weighted by molar-refractivity contribution is 7.10. The minimum absolute atomic E-state index is 0.0309. The fourth-order valence-electron chi connectivity index (χ4n) is 2.49. The molecular formula is C21H15ClN4O5S. The van der Waals surface area contributed by atoms with Gasteiger partial charge in [0.1, 0.15) is 11.4 Å². The second-order valence-corrected chi connectivity index (χ2v) is 7.59. The first-order valence-electron chi connectivity index (χ1n) is 8.97. The van der Waals surface area contributed by atoms with Crippen LogP contribution in [0.25, 0.3) is 6.08 Å². The van der Waals surface area contributed by atoms with Gasteiger partial charge in [-0.05, 0) is 35.7 Å². The van der Waals surface area contributed by atoms with E-state index in [1.807, 2.05) is 0 Å². The Bertz CT molecular complexity index is 1220. The van der Waals surface area contributed by atoms with Gasteiger partial charge < -0.3 is 10.4 Å². The van der Waals surface area contributed by atoms with E-state index in [9.17, 15) is 24.8 Å². The summed E-state index contributed by atoms with van der Waals surface area (Å²) in [5, 5.41) is 29.0. The zero-order valence-electron chi connectivity index (χ0n) is 16.2. The summed E-state index contributed by atoms with van der Waals surface area (Å²) in [7, 11) is 0. The quantitative estimate of drug-likeness (QED) is 0.208. The van der Waals surface area contributed by atoms with Crippen LogP contribution in [0, 0.1) is 10.1 Å². The topological polar surface area (TPSA) is 134 Å². The predicted molar refractivity (Wildman–Crippen MR) is 122 cm³/mol. The maximum atomic E-state index is 12.7. The third kappa shape index (κ3) is 5.78. The summed E-state index contributed by atoms with van der Waals surface area (Å²) in [6.07, 6.45) is 2.52. The van der Waals surface area contributed by atoms with Crippen molar-refractivity contribution in [1.82, 2.24) is 10.7 Å². The van der Waals surface area contributed by atoms with Gasteiger partial charge >= 0.3 is 0 Å². The van der Waals surface area contributed by atoms with Gasteiger partial charge in [0, 0.05) is 22.6 Å². The molecule has 0 unspecified atom stereocenters. The first-order valence-corrected chi connectivity index (χ1v) is 10.2. The number of nitrogens with one attached hydrogen (secondary N) is 2. The van der Waals surface area contributed by atoms with Crippen LogP contribution in [-0.2, 0) is 4.79 Å². The molecule has 0 saturated heterocycles. The van der Waals surface area contributed by atoms with Crippen molar-refractivity contribution in [1.29, 1.82) is 0 Å². The Morgan fingerprint density at radius 1 is 1.16 bits per heavy atom. The first kappa shape index (κ1) is 22.7. The number of carbonyl (C=O) groups excluding carboxylic acids is 2. The number of hydrazone groups is 1. The second-order valence-electron chi connectivity index (χ2n) is 6.21. The molecule has 11 heteroatoms. The highest BCUT2D eigenvalue weighted by Gasteiger charge is 2.16. The van der Waals surface area contributed by atoms with Crippen LogP contribution in [-0.4, -0.2) is 28.1 Å². The number of phenolic OH excluding ortho intramolecular Hbond substituents is 1. The van der Waals surface area contributed by atoms with Crippen molar-refractivity contribution in [2.45, 2.75) is 0 Å². The molecule has 0 spiro atoms. The van der Waals surface area contributed by atoms with Crippen LogP contribution in [0.4, 0.5) is 5.69 Å². The molecule has 2 amide bonds. The lowest BCUT2D eigenvalue weighted by Crippen LogP contribution is -2.33. The van der Waals surface area contributed by atoms with Crippen molar-refractivity contribution in [2.75, 3.05) is 0 Å². The number of amides is 2. The van der Waals surface area contributed by atoms with Crippen molar-refractivity contribution < 1.29 is 19.6 Å². The monoisotopic (exact) mass is 470 g/mol. The molecule has 0 aliphatic rings. The maximum Gasteiger partial charge on any atom is 0.287 e. The SMILES string of the molecule is O=C(N/N=C/c1cc([N+](=O)[O-])ccc1O)C(=Cc1cccs1)NC(=O)c1ccccc1Cl. The number of carbonyl (C=O) groups is 2. The molecule has 162 valence electrons. The lowest BCUT2D eigenvalue weighted by atomic mass is 10.2. The Morgan fingerprint density at radius 2 is 1.94 bits per heavy atom. The van der Waals surface area contributed by atoms with Crippen molar-refractivity contribution in [2.24, 2.45) is 5.10 Å². The van der Waals surface area contributed by atoms with Crippen LogP contribution in [0.1, 0.15) is 20.8 Å². The summed E-state index contributed by atoms with van der Waals surface area (Å²) in [5.74, 6) is -1.59. The van der Waals surface area contributed by atoms with Crippen molar-refractivity contribution in [3.8, 4) is 5.75 Å². The fourth-order valence-corrected chi connectivity index (χ4v) is 3.37. The van der Waals surface area contributed by atoms with E-state index in [1.54, 1.807) is 35.7 Å². The number of rotatable bonds is 7. The Morgan fingerprint density at radius 3 is 2.62 bits per heavy atom. The third-order valence-corrected chi connectivity index (χ3v) is 5.18. The zero-order chi connectivity index (χ0) is 23.1. The molecule has 3 N–H and O–H groups in total. The van der Waals surface area contributed by atoms with E-state index in [1.165, 1.54) is 23.5 Å². The number of hydrogen-bond donors (Lipinski definition) is 3. The molecule has 0 aliphatic carbocycles. The molecule has 0 aliphatic heterocycles.